The summed E-state index contributed by atoms with van der Waals surface area (Å²) in [6.45, 7) is 3.16. The van der Waals surface area contributed by atoms with Gasteiger partial charge in [-0.25, -0.2) is 0 Å². The van der Waals surface area contributed by atoms with Crippen molar-refractivity contribution in [2.45, 2.75) is 38.2 Å². The lowest BCUT2D eigenvalue weighted by Crippen LogP contribution is -2.34. The third-order valence-corrected chi connectivity index (χ3v) is 3.71. The van der Waals surface area contributed by atoms with E-state index in [4.69, 9.17) is 0 Å². The standard InChI is InChI=1S/C15H21NO3/c1-15(19)7-2-9-16(10-8-15)14(18)11-12-3-5-13(17)6-4-12/h3-6,17,19H,2,7-11H2,1H3. The highest BCUT2D eigenvalue weighted by Gasteiger charge is 2.26. The molecule has 1 unspecified atom stereocenters. The number of aliphatic hydroxyl groups is 1. The van der Waals surface area contributed by atoms with Gasteiger partial charge in [0, 0.05) is 13.1 Å². The van der Waals surface area contributed by atoms with Crippen LogP contribution in [0.1, 0.15) is 31.7 Å². The molecule has 0 saturated carbocycles. The summed E-state index contributed by atoms with van der Waals surface area (Å²) in [6, 6.07) is 6.72. The fourth-order valence-corrected chi connectivity index (χ4v) is 2.41. The Hall–Kier alpha value is -1.55. The highest BCUT2D eigenvalue weighted by molar-refractivity contribution is 5.78. The average molecular weight is 263 g/mol. The van der Waals surface area contributed by atoms with Crippen LogP contribution in [0.15, 0.2) is 24.3 Å². The van der Waals surface area contributed by atoms with Gasteiger partial charge in [0.2, 0.25) is 5.91 Å². The van der Waals surface area contributed by atoms with E-state index < -0.39 is 5.60 Å². The number of hydrogen-bond donors (Lipinski definition) is 2. The normalized spacial score (nSPS) is 24.0. The quantitative estimate of drug-likeness (QED) is 0.853. The zero-order valence-electron chi connectivity index (χ0n) is 11.3. The van der Waals surface area contributed by atoms with E-state index in [-0.39, 0.29) is 11.7 Å². The Morgan fingerprint density at radius 1 is 1.26 bits per heavy atom. The highest BCUT2D eigenvalue weighted by Crippen LogP contribution is 2.22. The molecule has 1 heterocycles. The third-order valence-electron chi connectivity index (χ3n) is 3.71. The van der Waals surface area contributed by atoms with Gasteiger partial charge in [-0.1, -0.05) is 12.1 Å². The summed E-state index contributed by atoms with van der Waals surface area (Å²) in [5.74, 6) is 0.297. The largest absolute Gasteiger partial charge is 0.508 e. The lowest BCUT2D eigenvalue weighted by atomic mass is 9.98. The Balaban J connectivity index is 1.94. The monoisotopic (exact) mass is 263 g/mol. The first-order valence-electron chi connectivity index (χ1n) is 6.74. The maximum Gasteiger partial charge on any atom is 0.226 e. The zero-order chi connectivity index (χ0) is 13.9. The molecule has 2 rings (SSSR count). The molecule has 0 spiro atoms. The summed E-state index contributed by atoms with van der Waals surface area (Å²) in [5.41, 5.74) is 0.256. The molecular formula is C15H21NO3. The molecule has 0 radical (unpaired) electrons. The molecule has 4 nitrogen and oxygen atoms in total. The number of benzene rings is 1. The first-order chi connectivity index (χ1) is 8.96. The molecule has 1 aromatic carbocycles. The van der Waals surface area contributed by atoms with Crippen molar-refractivity contribution in [2.24, 2.45) is 0 Å². The van der Waals surface area contributed by atoms with Gasteiger partial charge in [-0.15, -0.1) is 0 Å². The first-order valence-corrected chi connectivity index (χ1v) is 6.74. The zero-order valence-corrected chi connectivity index (χ0v) is 11.3. The molecule has 1 aliphatic heterocycles. The highest BCUT2D eigenvalue weighted by atomic mass is 16.3. The summed E-state index contributed by atoms with van der Waals surface area (Å²) < 4.78 is 0. The second-order valence-electron chi connectivity index (χ2n) is 5.57. The SMILES string of the molecule is CC1(O)CCCN(C(=O)Cc2ccc(O)cc2)CC1. The van der Waals surface area contributed by atoms with E-state index in [1.54, 1.807) is 24.3 Å². The summed E-state index contributed by atoms with van der Waals surface area (Å²) in [6.07, 6.45) is 2.57. The van der Waals surface area contributed by atoms with Crippen LogP contribution < -0.4 is 0 Å². The van der Waals surface area contributed by atoms with E-state index in [1.165, 1.54) is 0 Å². The molecule has 1 amide bonds. The van der Waals surface area contributed by atoms with Gasteiger partial charge in [0.15, 0.2) is 0 Å². The Morgan fingerprint density at radius 3 is 2.63 bits per heavy atom. The van der Waals surface area contributed by atoms with Crippen molar-refractivity contribution >= 4 is 5.91 Å². The van der Waals surface area contributed by atoms with Crippen LogP contribution in [-0.2, 0) is 11.2 Å². The minimum Gasteiger partial charge on any atom is -0.508 e. The Labute approximate surface area is 113 Å². The predicted octanol–water partition coefficient (Wildman–Crippen LogP) is 1.70. The molecule has 104 valence electrons. The minimum absolute atomic E-state index is 0.0865. The van der Waals surface area contributed by atoms with Gasteiger partial charge in [-0.2, -0.15) is 0 Å². The number of aromatic hydroxyl groups is 1. The molecule has 1 aromatic rings. The van der Waals surface area contributed by atoms with Crippen molar-refractivity contribution in [2.75, 3.05) is 13.1 Å². The maximum atomic E-state index is 12.2. The lowest BCUT2D eigenvalue weighted by Gasteiger charge is -2.22. The Morgan fingerprint density at radius 2 is 1.95 bits per heavy atom. The number of likely N-dealkylation sites (tertiary alicyclic amines) is 1. The number of phenols is 1. The van der Waals surface area contributed by atoms with Gasteiger partial charge in [0.25, 0.3) is 0 Å². The van der Waals surface area contributed by atoms with Crippen LogP contribution >= 0.6 is 0 Å². The topological polar surface area (TPSA) is 60.8 Å². The molecule has 1 saturated heterocycles. The van der Waals surface area contributed by atoms with Gasteiger partial charge in [0.1, 0.15) is 5.75 Å². The minimum atomic E-state index is -0.645. The number of rotatable bonds is 2. The molecule has 0 aromatic heterocycles. The van der Waals surface area contributed by atoms with Crippen LogP contribution in [0.4, 0.5) is 0 Å². The van der Waals surface area contributed by atoms with Crippen LogP contribution in [-0.4, -0.2) is 39.7 Å². The van der Waals surface area contributed by atoms with Crippen LogP contribution in [0.3, 0.4) is 0 Å². The molecule has 0 aliphatic carbocycles. The number of carbonyl (C=O) groups is 1. The second kappa shape index (κ2) is 5.61. The molecule has 0 bridgehead atoms. The molecule has 1 fully saturated rings. The van der Waals surface area contributed by atoms with Gasteiger partial charge in [-0.3, -0.25) is 4.79 Å². The van der Waals surface area contributed by atoms with Crippen LogP contribution in [0, 0.1) is 0 Å². The Kier molecular flexibility index (Phi) is 4.10. The number of hydrogen-bond acceptors (Lipinski definition) is 3. The van der Waals surface area contributed by atoms with Crippen molar-refractivity contribution in [3.05, 3.63) is 29.8 Å². The van der Waals surface area contributed by atoms with E-state index in [0.29, 0.717) is 25.9 Å². The number of phenolic OH excluding ortho intramolecular Hbond substituents is 1. The lowest BCUT2D eigenvalue weighted by molar-refractivity contribution is -0.130. The molecule has 19 heavy (non-hydrogen) atoms. The molecule has 4 heteroatoms. The van der Waals surface area contributed by atoms with Crippen LogP contribution in [0.2, 0.25) is 0 Å². The van der Waals surface area contributed by atoms with Gasteiger partial charge >= 0.3 is 0 Å². The average Bonchev–Trinajstić information content (AvgIpc) is 2.53. The maximum absolute atomic E-state index is 12.2. The number of amides is 1. The predicted molar refractivity (Wildman–Crippen MR) is 72.9 cm³/mol. The van der Waals surface area contributed by atoms with Gasteiger partial charge < -0.3 is 15.1 Å². The fraction of sp³-hybridized carbons (Fsp3) is 0.533. The van der Waals surface area contributed by atoms with Crippen molar-refractivity contribution in [1.82, 2.24) is 4.90 Å². The summed E-state index contributed by atoms with van der Waals surface area (Å²) in [4.78, 5) is 14.0. The van der Waals surface area contributed by atoms with Crippen LogP contribution in [0.5, 0.6) is 5.75 Å². The van der Waals surface area contributed by atoms with E-state index in [9.17, 15) is 15.0 Å². The van der Waals surface area contributed by atoms with E-state index >= 15 is 0 Å². The smallest absolute Gasteiger partial charge is 0.226 e. The molecule has 1 atom stereocenters. The van der Waals surface area contributed by atoms with Crippen molar-refractivity contribution in [3.8, 4) is 5.75 Å². The van der Waals surface area contributed by atoms with Crippen LogP contribution in [0.25, 0.3) is 0 Å². The molecule has 2 N–H and O–H groups in total. The van der Waals surface area contributed by atoms with Crippen molar-refractivity contribution in [3.63, 3.8) is 0 Å². The van der Waals surface area contributed by atoms with E-state index in [1.807, 2.05) is 11.8 Å². The first kappa shape index (κ1) is 13.9. The number of carbonyl (C=O) groups excluding carboxylic acids is 1. The molecule has 1 aliphatic rings. The van der Waals surface area contributed by atoms with Crippen molar-refractivity contribution < 1.29 is 15.0 Å². The fourth-order valence-electron chi connectivity index (χ4n) is 2.41. The van der Waals surface area contributed by atoms with E-state index in [2.05, 4.69) is 0 Å². The van der Waals surface area contributed by atoms with E-state index in [0.717, 1.165) is 18.4 Å². The Bertz CT molecular complexity index is 439. The van der Waals surface area contributed by atoms with Gasteiger partial charge in [0.05, 0.1) is 12.0 Å². The van der Waals surface area contributed by atoms with Crippen molar-refractivity contribution in [1.29, 1.82) is 0 Å². The number of nitrogens with zero attached hydrogens (tertiary/aromatic N) is 1. The molecular weight excluding hydrogens is 242 g/mol. The summed E-state index contributed by atoms with van der Waals surface area (Å²) >= 11 is 0. The van der Waals surface area contributed by atoms with Gasteiger partial charge in [-0.05, 0) is 43.9 Å². The summed E-state index contributed by atoms with van der Waals surface area (Å²) in [5, 5.41) is 19.2. The summed E-state index contributed by atoms with van der Waals surface area (Å²) in [7, 11) is 0. The third kappa shape index (κ3) is 3.96. The second-order valence-corrected chi connectivity index (χ2v) is 5.57.